The van der Waals surface area contributed by atoms with E-state index in [-0.39, 0.29) is 18.0 Å². The zero-order valence-electron chi connectivity index (χ0n) is 13.3. The SMILES string of the molecule is CCNC(=O)Cn1nc(-c2nc(-c3cccc(Cl)c3)ns2)ccc1=O. The predicted molar refractivity (Wildman–Crippen MR) is 96.5 cm³/mol. The third-order valence-electron chi connectivity index (χ3n) is 3.26. The summed E-state index contributed by atoms with van der Waals surface area (Å²) in [7, 11) is 0. The Labute approximate surface area is 152 Å². The molecule has 3 rings (SSSR count). The lowest BCUT2D eigenvalue weighted by atomic mass is 10.2. The average Bonchev–Trinajstić information content (AvgIpc) is 3.07. The van der Waals surface area contributed by atoms with Gasteiger partial charge in [0.25, 0.3) is 5.56 Å². The lowest BCUT2D eigenvalue weighted by Crippen LogP contribution is -2.33. The predicted octanol–water partition coefficient (Wildman–Crippen LogP) is 2.22. The minimum absolute atomic E-state index is 0.138. The Morgan fingerprint density at radius 2 is 2.16 bits per heavy atom. The van der Waals surface area contributed by atoms with Gasteiger partial charge in [-0.2, -0.15) is 9.47 Å². The van der Waals surface area contributed by atoms with E-state index in [0.29, 0.717) is 28.1 Å². The molecular formula is C16H14ClN5O2S. The van der Waals surface area contributed by atoms with Crippen LogP contribution in [-0.2, 0) is 11.3 Å². The largest absolute Gasteiger partial charge is 0.355 e. The highest BCUT2D eigenvalue weighted by atomic mass is 35.5. The number of aromatic nitrogens is 4. The zero-order valence-corrected chi connectivity index (χ0v) is 14.8. The molecule has 0 saturated carbocycles. The number of hydrogen-bond donors (Lipinski definition) is 1. The van der Waals surface area contributed by atoms with Crippen LogP contribution in [0.15, 0.2) is 41.2 Å². The Bertz CT molecular complexity index is 969. The maximum atomic E-state index is 11.9. The quantitative estimate of drug-likeness (QED) is 0.738. The van der Waals surface area contributed by atoms with E-state index in [2.05, 4.69) is 19.8 Å². The van der Waals surface area contributed by atoms with Crippen LogP contribution in [0.25, 0.3) is 22.1 Å². The standard InChI is InChI=1S/C16H14ClN5O2S/c1-2-18-13(23)9-22-14(24)7-6-12(20-22)16-19-15(21-25-16)10-4-3-5-11(17)8-10/h3-8H,2,9H2,1H3,(H,18,23). The molecule has 0 fully saturated rings. The number of rotatable bonds is 5. The summed E-state index contributed by atoms with van der Waals surface area (Å²) in [4.78, 5) is 28.0. The normalized spacial score (nSPS) is 10.6. The van der Waals surface area contributed by atoms with Crippen LogP contribution in [0.1, 0.15) is 6.92 Å². The third kappa shape index (κ3) is 4.09. The molecule has 1 N–H and O–H groups in total. The van der Waals surface area contributed by atoms with Crippen LogP contribution in [0.4, 0.5) is 0 Å². The van der Waals surface area contributed by atoms with E-state index in [0.717, 1.165) is 21.8 Å². The number of carbonyl (C=O) groups is 1. The molecule has 128 valence electrons. The number of amides is 1. The van der Waals surface area contributed by atoms with E-state index >= 15 is 0 Å². The Balaban J connectivity index is 1.90. The molecule has 2 aromatic heterocycles. The first-order valence-corrected chi connectivity index (χ1v) is 8.67. The molecule has 0 unspecified atom stereocenters. The van der Waals surface area contributed by atoms with Gasteiger partial charge in [0.15, 0.2) is 10.8 Å². The Morgan fingerprint density at radius 3 is 2.92 bits per heavy atom. The maximum absolute atomic E-state index is 11.9. The van der Waals surface area contributed by atoms with Crippen molar-refractivity contribution in [1.82, 2.24) is 24.5 Å². The van der Waals surface area contributed by atoms with Gasteiger partial charge in [0.1, 0.15) is 12.2 Å². The van der Waals surface area contributed by atoms with Crippen molar-refractivity contribution >= 4 is 29.0 Å². The van der Waals surface area contributed by atoms with Crippen molar-refractivity contribution in [3.63, 3.8) is 0 Å². The second-order valence-electron chi connectivity index (χ2n) is 5.10. The lowest BCUT2D eigenvalue weighted by Gasteiger charge is -2.05. The van der Waals surface area contributed by atoms with Gasteiger partial charge in [-0.1, -0.05) is 23.7 Å². The highest BCUT2D eigenvalue weighted by Crippen LogP contribution is 2.25. The molecule has 1 aromatic carbocycles. The van der Waals surface area contributed by atoms with Crippen molar-refractivity contribution in [2.75, 3.05) is 6.54 Å². The molecule has 3 aromatic rings. The number of nitrogens with zero attached hydrogens (tertiary/aromatic N) is 4. The van der Waals surface area contributed by atoms with E-state index in [9.17, 15) is 9.59 Å². The number of halogens is 1. The van der Waals surface area contributed by atoms with E-state index in [1.54, 1.807) is 18.2 Å². The second kappa shape index (κ2) is 7.54. The molecule has 9 heteroatoms. The van der Waals surface area contributed by atoms with Gasteiger partial charge in [-0.15, -0.1) is 0 Å². The molecule has 25 heavy (non-hydrogen) atoms. The van der Waals surface area contributed by atoms with Crippen LogP contribution in [0, 0.1) is 0 Å². The van der Waals surface area contributed by atoms with Gasteiger partial charge in [0.2, 0.25) is 5.91 Å². The zero-order chi connectivity index (χ0) is 17.8. The lowest BCUT2D eigenvalue weighted by molar-refractivity contribution is -0.121. The Kier molecular flexibility index (Phi) is 5.20. The summed E-state index contributed by atoms with van der Waals surface area (Å²) in [6.07, 6.45) is 0. The van der Waals surface area contributed by atoms with Crippen LogP contribution >= 0.6 is 23.1 Å². The summed E-state index contributed by atoms with van der Waals surface area (Å²) < 4.78 is 5.42. The fraction of sp³-hybridized carbons (Fsp3) is 0.188. The van der Waals surface area contributed by atoms with Crippen molar-refractivity contribution < 1.29 is 4.79 Å². The summed E-state index contributed by atoms with van der Waals surface area (Å²) >= 11 is 7.15. The summed E-state index contributed by atoms with van der Waals surface area (Å²) in [6, 6.07) is 10.2. The number of likely N-dealkylation sites (N-methyl/N-ethyl adjacent to an activating group) is 1. The van der Waals surface area contributed by atoms with E-state index < -0.39 is 0 Å². The molecule has 0 aliphatic carbocycles. The summed E-state index contributed by atoms with van der Waals surface area (Å²) in [6.45, 7) is 2.16. The van der Waals surface area contributed by atoms with Crippen LogP contribution < -0.4 is 10.9 Å². The molecule has 2 heterocycles. The molecule has 0 bridgehead atoms. The molecule has 0 radical (unpaired) electrons. The number of carbonyl (C=O) groups excluding carboxylic acids is 1. The van der Waals surface area contributed by atoms with Crippen molar-refractivity contribution in [2.45, 2.75) is 13.5 Å². The smallest absolute Gasteiger partial charge is 0.267 e. The first kappa shape index (κ1) is 17.2. The first-order valence-electron chi connectivity index (χ1n) is 7.51. The van der Waals surface area contributed by atoms with Crippen LogP contribution in [0.5, 0.6) is 0 Å². The number of benzene rings is 1. The topological polar surface area (TPSA) is 89.8 Å². The molecule has 7 nitrogen and oxygen atoms in total. The summed E-state index contributed by atoms with van der Waals surface area (Å²) in [5, 5.41) is 8.00. The van der Waals surface area contributed by atoms with E-state index in [1.807, 2.05) is 19.1 Å². The molecular weight excluding hydrogens is 362 g/mol. The van der Waals surface area contributed by atoms with E-state index in [1.165, 1.54) is 6.07 Å². The molecule has 0 saturated heterocycles. The van der Waals surface area contributed by atoms with Crippen LogP contribution in [-0.4, -0.2) is 31.6 Å². The van der Waals surface area contributed by atoms with Gasteiger partial charge < -0.3 is 5.32 Å². The minimum atomic E-state index is -0.352. The van der Waals surface area contributed by atoms with Gasteiger partial charge in [0, 0.05) is 23.2 Å². The summed E-state index contributed by atoms with van der Waals surface area (Å²) in [5.74, 6) is 0.261. The molecule has 0 aliphatic heterocycles. The summed E-state index contributed by atoms with van der Waals surface area (Å²) in [5.41, 5.74) is 0.926. The average molecular weight is 376 g/mol. The first-order chi connectivity index (χ1) is 12.1. The van der Waals surface area contributed by atoms with Gasteiger partial charge >= 0.3 is 0 Å². The van der Waals surface area contributed by atoms with Crippen molar-refractivity contribution in [1.29, 1.82) is 0 Å². The van der Waals surface area contributed by atoms with E-state index in [4.69, 9.17) is 11.6 Å². The molecule has 0 atom stereocenters. The fourth-order valence-electron chi connectivity index (χ4n) is 2.14. The second-order valence-corrected chi connectivity index (χ2v) is 6.29. The van der Waals surface area contributed by atoms with Crippen molar-refractivity contribution in [2.24, 2.45) is 0 Å². The molecule has 1 amide bonds. The van der Waals surface area contributed by atoms with Crippen molar-refractivity contribution in [3.05, 3.63) is 51.8 Å². The third-order valence-corrected chi connectivity index (χ3v) is 4.23. The van der Waals surface area contributed by atoms with Crippen molar-refractivity contribution in [3.8, 4) is 22.1 Å². The fourth-order valence-corrected chi connectivity index (χ4v) is 2.98. The Hall–Kier alpha value is -2.58. The molecule has 0 spiro atoms. The number of hydrogen-bond acceptors (Lipinski definition) is 6. The highest BCUT2D eigenvalue weighted by molar-refractivity contribution is 7.09. The monoisotopic (exact) mass is 375 g/mol. The number of nitrogens with one attached hydrogen (secondary N) is 1. The molecule has 0 aliphatic rings. The van der Waals surface area contributed by atoms with Gasteiger partial charge in [-0.05, 0) is 36.7 Å². The van der Waals surface area contributed by atoms with Gasteiger partial charge in [-0.3, -0.25) is 9.59 Å². The van der Waals surface area contributed by atoms with Crippen LogP contribution in [0.3, 0.4) is 0 Å². The van der Waals surface area contributed by atoms with Crippen LogP contribution in [0.2, 0.25) is 5.02 Å². The maximum Gasteiger partial charge on any atom is 0.267 e. The van der Waals surface area contributed by atoms with Gasteiger partial charge in [0.05, 0.1) is 0 Å². The van der Waals surface area contributed by atoms with Gasteiger partial charge in [-0.25, -0.2) is 9.67 Å². The minimum Gasteiger partial charge on any atom is -0.355 e. The Morgan fingerprint density at radius 1 is 1.32 bits per heavy atom. The highest BCUT2D eigenvalue weighted by Gasteiger charge is 2.12.